The number of carbonyl (C=O) groups excluding carboxylic acids is 1. The van der Waals surface area contributed by atoms with Crippen molar-refractivity contribution in [2.24, 2.45) is 0 Å². The normalized spacial score (nSPS) is 13.5. The van der Waals surface area contributed by atoms with Crippen LogP contribution in [0.1, 0.15) is 27.9 Å². The van der Waals surface area contributed by atoms with Gasteiger partial charge in [0.25, 0.3) is 5.91 Å². The average molecular weight is 384 g/mol. The van der Waals surface area contributed by atoms with Gasteiger partial charge in [-0.3, -0.25) is 4.79 Å². The van der Waals surface area contributed by atoms with Crippen LogP contribution in [-0.2, 0) is 6.42 Å². The Hall–Kier alpha value is -2.91. The van der Waals surface area contributed by atoms with Crippen LogP contribution in [0.25, 0.3) is 21.2 Å². The minimum atomic E-state index is 0.0933. The van der Waals surface area contributed by atoms with Crippen molar-refractivity contribution in [1.82, 2.24) is 0 Å². The van der Waals surface area contributed by atoms with Gasteiger partial charge in [-0.1, -0.05) is 48.0 Å². The molecule has 0 N–H and O–H groups in total. The van der Waals surface area contributed by atoms with E-state index in [9.17, 15) is 4.79 Å². The zero-order valence-corrected chi connectivity index (χ0v) is 16.6. The molecular weight excluding hydrogens is 362 g/mol. The molecule has 5 rings (SSSR count). The molecule has 0 spiro atoms. The molecule has 1 aromatic heterocycles. The number of rotatable bonds is 2. The van der Waals surface area contributed by atoms with Crippen molar-refractivity contribution in [3.8, 4) is 11.1 Å². The summed E-state index contributed by atoms with van der Waals surface area (Å²) in [6, 6.07) is 23.1. The molecule has 138 valence electrons. The van der Waals surface area contributed by atoms with Crippen LogP contribution in [0.2, 0.25) is 0 Å². The zero-order chi connectivity index (χ0) is 19.1. The Bertz CT molecular complexity index is 1170. The van der Waals surface area contributed by atoms with E-state index in [1.807, 2.05) is 11.0 Å². The molecular formula is C25H21NOS. The Morgan fingerprint density at radius 3 is 2.68 bits per heavy atom. The van der Waals surface area contributed by atoms with Crippen LogP contribution in [-0.4, -0.2) is 12.5 Å². The fourth-order valence-electron chi connectivity index (χ4n) is 4.07. The Morgan fingerprint density at radius 1 is 1.00 bits per heavy atom. The minimum absolute atomic E-state index is 0.0933. The lowest BCUT2D eigenvalue weighted by Crippen LogP contribution is -2.35. The van der Waals surface area contributed by atoms with Gasteiger partial charge in [0.2, 0.25) is 0 Å². The van der Waals surface area contributed by atoms with E-state index in [4.69, 9.17) is 0 Å². The highest BCUT2D eigenvalue weighted by Gasteiger charge is 2.24. The highest BCUT2D eigenvalue weighted by atomic mass is 32.1. The maximum atomic E-state index is 13.5. The third kappa shape index (κ3) is 2.92. The Morgan fingerprint density at radius 2 is 1.82 bits per heavy atom. The largest absolute Gasteiger partial charge is 0.308 e. The SMILES string of the molecule is Cc1ccc(-c2cc(C(=O)N3CCCc4ccccc43)cc3sccc23)cc1. The van der Waals surface area contributed by atoms with Crippen LogP contribution in [0.5, 0.6) is 0 Å². The average Bonchev–Trinajstić information content (AvgIpc) is 3.21. The standard InChI is InChI=1S/C25H21NOS/c1-17-8-10-18(11-9-17)22-15-20(16-24-21(22)12-14-28-24)25(27)26-13-4-6-19-5-2-3-7-23(19)26/h2-3,5,7-12,14-16H,4,6,13H2,1H3. The van der Waals surface area contributed by atoms with Gasteiger partial charge in [0.15, 0.2) is 0 Å². The number of hydrogen-bond donors (Lipinski definition) is 0. The van der Waals surface area contributed by atoms with Crippen molar-refractivity contribution in [3.05, 3.63) is 88.8 Å². The smallest absolute Gasteiger partial charge is 0.258 e. The first-order valence-electron chi connectivity index (χ1n) is 9.69. The summed E-state index contributed by atoms with van der Waals surface area (Å²) in [5.74, 6) is 0.0933. The molecule has 2 heterocycles. The summed E-state index contributed by atoms with van der Waals surface area (Å²) in [5.41, 5.74) is 6.61. The predicted octanol–water partition coefficient (Wildman–Crippen LogP) is 6.47. The van der Waals surface area contributed by atoms with Crippen molar-refractivity contribution in [1.29, 1.82) is 0 Å². The number of amides is 1. The summed E-state index contributed by atoms with van der Waals surface area (Å²) in [5, 5.41) is 3.32. The lowest BCUT2D eigenvalue weighted by atomic mass is 9.97. The quantitative estimate of drug-likeness (QED) is 0.388. The van der Waals surface area contributed by atoms with E-state index >= 15 is 0 Å². The lowest BCUT2D eigenvalue weighted by molar-refractivity contribution is 0.0985. The monoisotopic (exact) mass is 383 g/mol. The number of aryl methyl sites for hydroxylation is 2. The summed E-state index contributed by atoms with van der Waals surface area (Å²) in [6.07, 6.45) is 2.05. The molecule has 0 aliphatic carbocycles. The summed E-state index contributed by atoms with van der Waals surface area (Å²) in [7, 11) is 0. The summed E-state index contributed by atoms with van der Waals surface area (Å²) < 4.78 is 1.16. The molecule has 1 amide bonds. The van der Waals surface area contributed by atoms with E-state index in [-0.39, 0.29) is 5.91 Å². The van der Waals surface area contributed by atoms with Gasteiger partial charge < -0.3 is 4.90 Å². The second-order valence-electron chi connectivity index (χ2n) is 7.41. The summed E-state index contributed by atoms with van der Waals surface area (Å²) >= 11 is 1.69. The van der Waals surface area contributed by atoms with Crippen LogP contribution >= 0.6 is 11.3 Å². The molecule has 0 unspecified atom stereocenters. The van der Waals surface area contributed by atoms with Crippen molar-refractivity contribution < 1.29 is 4.79 Å². The highest BCUT2D eigenvalue weighted by molar-refractivity contribution is 7.17. The first-order valence-corrected chi connectivity index (χ1v) is 10.6. The molecule has 28 heavy (non-hydrogen) atoms. The van der Waals surface area contributed by atoms with E-state index < -0.39 is 0 Å². The number of anilines is 1. The Labute approximate surface area is 169 Å². The van der Waals surface area contributed by atoms with Crippen LogP contribution in [0, 0.1) is 6.92 Å². The van der Waals surface area contributed by atoms with E-state index in [1.165, 1.54) is 16.5 Å². The molecule has 0 radical (unpaired) electrons. The summed E-state index contributed by atoms with van der Waals surface area (Å²) in [6.45, 7) is 2.87. The zero-order valence-electron chi connectivity index (χ0n) is 15.8. The minimum Gasteiger partial charge on any atom is -0.308 e. The molecule has 1 aliphatic rings. The lowest BCUT2D eigenvalue weighted by Gasteiger charge is -2.29. The number of fused-ring (bicyclic) bond motifs is 2. The van der Waals surface area contributed by atoms with Crippen LogP contribution in [0.4, 0.5) is 5.69 Å². The molecule has 0 saturated heterocycles. The topological polar surface area (TPSA) is 20.3 Å². The maximum Gasteiger partial charge on any atom is 0.258 e. The van der Waals surface area contributed by atoms with Crippen molar-refractivity contribution in [2.45, 2.75) is 19.8 Å². The number of hydrogen-bond acceptors (Lipinski definition) is 2. The molecule has 0 fully saturated rings. The third-order valence-corrected chi connectivity index (χ3v) is 6.40. The number of carbonyl (C=O) groups is 1. The molecule has 3 heteroatoms. The second kappa shape index (κ2) is 6.92. The fourth-order valence-corrected chi connectivity index (χ4v) is 4.92. The first-order chi connectivity index (χ1) is 13.7. The van der Waals surface area contributed by atoms with Crippen LogP contribution in [0.3, 0.4) is 0 Å². The Kier molecular flexibility index (Phi) is 4.25. The number of thiophene rings is 1. The van der Waals surface area contributed by atoms with Crippen molar-refractivity contribution >= 4 is 33.0 Å². The Balaban J connectivity index is 1.62. The van der Waals surface area contributed by atoms with Gasteiger partial charge in [-0.2, -0.15) is 0 Å². The van der Waals surface area contributed by atoms with Crippen molar-refractivity contribution in [3.63, 3.8) is 0 Å². The number of benzene rings is 3. The molecule has 3 aromatic carbocycles. The number of para-hydroxylation sites is 1. The van der Waals surface area contributed by atoms with E-state index in [1.54, 1.807) is 11.3 Å². The van der Waals surface area contributed by atoms with Gasteiger partial charge in [-0.05, 0) is 66.1 Å². The van der Waals surface area contributed by atoms with Gasteiger partial charge >= 0.3 is 0 Å². The summed E-state index contributed by atoms with van der Waals surface area (Å²) in [4.78, 5) is 15.4. The van der Waals surface area contributed by atoms with E-state index in [0.29, 0.717) is 0 Å². The number of nitrogens with zero attached hydrogens (tertiary/aromatic N) is 1. The molecule has 0 bridgehead atoms. The van der Waals surface area contributed by atoms with Crippen molar-refractivity contribution in [2.75, 3.05) is 11.4 Å². The highest BCUT2D eigenvalue weighted by Crippen LogP contribution is 2.35. The molecule has 4 aromatic rings. The molecule has 0 saturated carbocycles. The molecule has 0 atom stereocenters. The van der Waals surface area contributed by atoms with Crippen LogP contribution < -0.4 is 4.90 Å². The van der Waals surface area contributed by atoms with E-state index in [0.717, 1.165) is 46.5 Å². The van der Waals surface area contributed by atoms with E-state index in [2.05, 4.69) is 73.0 Å². The third-order valence-electron chi connectivity index (χ3n) is 5.54. The van der Waals surface area contributed by atoms with Gasteiger partial charge in [0.1, 0.15) is 0 Å². The first kappa shape index (κ1) is 17.2. The predicted molar refractivity (Wildman–Crippen MR) is 118 cm³/mol. The van der Waals surface area contributed by atoms with Gasteiger partial charge in [0.05, 0.1) is 0 Å². The molecule has 1 aliphatic heterocycles. The van der Waals surface area contributed by atoms with Crippen LogP contribution in [0.15, 0.2) is 72.1 Å². The fraction of sp³-hybridized carbons (Fsp3) is 0.160. The van der Waals surface area contributed by atoms with Gasteiger partial charge in [-0.25, -0.2) is 0 Å². The van der Waals surface area contributed by atoms with Gasteiger partial charge in [-0.15, -0.1) is 11.3 Å². The maximum absolute atomic E-state index is 13.5. The second-order valence-corrected chi connectivity index (χ2v) is 8.36. The van der Waals surface area contributed by atoms with Gasteiger partial charge in [0, 0.05) is 27.9 Å². The molecule has 2 nitrogen and oxygen atoms in total.